The van der Waals surface area contributed by atoms with Crippen LogP contribution in [0.1, 0.15) is 26.4 Å². The van der Waals surface area contributed by atoms with Gasteiger partial charge in [0.15, 0.2) is 5.69 Å². The Labute approximate surface area is 166 Å². The number of nitrogens with one attached hydrogen (secondary N) is 1. The minimum absolute atomic E-state index is 0.0500. The number of carbonyl (C=O) groups excluding carboxylic acids is 2. The number of ether oxygens (including phenoxy) is 1. The molecule has 4 aromatic rings. The first-order valence-electron chi connectivity index (χ1n) is 8.87. The van der Waals surface area contributed by atoms with Crippen molar-refractivity contribution in [2.75, 3.05) is 12.4 Å². The summed E-state index contributed by atoms with van der Waals surface area (Å²) >= 11 is 0. The van der Waals surface area contributed by atoms with Crippen molar-refractivity contribution in [2.45, 2.75) is 6.54 Å². The van der Waals surface area contributed by atoms with E-state index < -0.39 is 5.97 Å². The average molecular weight is 387 g/mol. The third-order valence-electron chi connectivity index (χ3n) is 4.47. The third-order valence-corrected chi connectivity index (χ3v) is 4.47. The van der Waals surface area contributed by atoms with Crippen LogP contribution in [0, 0.1) is 0 Å². The summed E-state index contributed by atoms with van der Waals surface area (Å²) in [6.45, 7) is 0.491. The molecule has 29 heavy (non-hydrogen) atoms. The Balaban J connectivity index is 1.70. The minimum atomic E-state index is -0.618. The second-order valence-electron chi connectivity index (χ2n) is 6.22. The fourth-order valence-electron chi connectivity index (χ4n) is 3.13. The average Bonchev–Trinajstić information content (AvgIpc) is 3.27. The number of aromatic nitrogens is 4. The van der Waals surface area contributed by atoms with E-state index in [1.54, 1.807) is 35.4 Å². The zero-order chi connectivity index (χ0) is 20.2. The van der Waals surface area contributed by atoms with Crippen LogP contribution in [0.3, 0.4) is 0 Å². The molecule has 1 N–H and O–H groups in total. The number of amides is 1. The van der Waals surface area contributed by atoms with E-state index in [2.05, 4.69) is 20.5 Å². The zero-order valence-electron chi connectivity index (χ0n) is 15.6. The molecule has 2 heterocycles. The Morgan fingerprint density at radius 2 is 1.72 bits per heavy atom. The highest BCUT2D eigenvalue weighted by atomic mass is 16.5. The standard InChI is InChI=1S/C21H17N5O3/c1-29-21(28)19-18(7-4-10-22-19)25-20(27)17-9-8-14(13-26-23-11-12-24-26)15-5-2-3-6-16(15)17/h2-12H,13H2,1H3,(H,25,27). The summed E-state index contributed by atoms with van der Waals surface area (Å²) in [5, 5.41) is 12.8. The van der Waals surface area contributed by atoms with Gasteiger partial charge < -0.3 is 10.1 Å². The fourth-order valence-corrected chi connectivity index (χ4v) is 3.13. The molecule has 0 fully saturated rings. The predicted molar refractivity (Wildman–Crippen MR) is 107 cm³/mol. The van der Waals surface area contributed by atoms with Crippen LogP contribution in [0.5, 0.6) is 0 Å². The van der Waals surface area contributed by atoms with Crippen molar-refractivity contribution in [3.8, 4) is 0 Å². The van der Waals surface area contributed by atoms with Crippen LogP contribution in [-0.2, 0) is 11.3 Å². The molecule has 0 unspecified atom stereocenters. The molecule has 2 aromatic heterocycles. The molecule has 0 atom stereocenters. The van der Waals surface area contributed by atoms with Gasteiger partial charge in [0.05, 0.1) is 31.7 Å². The highest BCUT2D eigenvalue weighted by molar-refractivity contribution is 6.14. The summed E-state index contributed by atoms with van der Waals surface area (Å²) in [7, 11) is 1.27. The number of hydrogen-bond acceptors (Lipinski definition) is 6. The van der Waals surface area contributed by atoms with Crippen molar-refractivity contribution in [2.24, 2.45) is 0 Å². The Bertz CT molecular complexity index is 1190. The molecule has 0 aliphatic rings. The summed E-state index contributed by atoms with van der Waals surface area (Å²) in [4.78, 5) is 30.5. The number of carbonyl (C=O) groups is 2. The van der Waals surface area contributed by atoms with Gasteiger partial charge >= 0.3 is 5.97 Å². The lowest BCUT2D eigenvalue weighted by atomic mass is 9.99. The predicted octanol–water partition coefficient (Wildman–Crippen LogP) is 2.91. The van der Waals surface area contributed by atoms with Crippen molar-refractivity contribution < 1.29 is 14.3 Å². The molecule has 2 aromatic carbocycles. The van der Waals surface area contributed by atoms with E-state index in [1.165, 1.54) is 13.3 Å². The van der Waals surface area contributed by atoms with Gasteiger partial charge in [0.1, 0.15) is 0 Å². The summed E-state index contributed by atoms with van der Waals surface area (Å²) in [6.07, 6.45) is 4.71. The molecule has 0 saturated carbocycles. The normalized spacial score (nSPS) is 10.7. The van der Waals surface area contributed by atoms with E-state index in [9.17, 15) is 9.59 Å². The van der Waals surface area contributed by atoms with E-state index in [-0.39, 0.29) is 11.6 Å². The first-order valence-corrected chi connectivity index (χ1v) is 8.87. The van der Waals surface area contributed by atoms with Crippen LogP contribution in [0.2, 0.25) is 0 Å². The molecule has 0 saturated heterocycles. The number of hydrogen-bond donors (Lipinski definition) is 1. The maximum Gasteiger partial charge on any atom is 0.358 e. The maximum atomic E-state index is 13.0. The summed E-state index contributed by atoms with van der Waals surface area (Å²) < 4.78 is 4.73. The largest absolute Gasteiger partial charge is 0.464 e. The lowest BCUT2D eigenvalue weighted by Gasteiger charge is -2.12. The molecular weight excluding hydrogens is 370 g/mol. The Hall–Kier alpha value is -4.07. The van der Waals surface area contributed by atoms with Crippen LogP contribution >= 0.6 is 0 Å². The minimum Gasteiger partial charge on any atom is -0.464 e. The number of fused-ring (bicyclic) bond motifs is 1. The monoisotopic (exact) mass is 387 g/mol. The van der Waals surface area contributed by atoms with Gasteiger partial charge in [0, 0.05) is 11.8 Å². The molecule has 0 aliphatic carbocycles. The smallest absolute Gasteiger partial charge is 0.358 e. The van der Waals surface area contributed by atoms with Crippen LogP contribution in [0.4, 0.5) is 5.69 Å². The number of esters is 1. The molecule has 0 radical (unpaired) electrons. The van der Waals surface area contributed by atoms with Crippen molar-refractivity contribution in [1.29, 1.82) is 0 Å². The summed E-state index contributed by atoms with van der Waals surface area (Å²) in [5.74, 6) is -0.962. The lowest BCUT2D eigenvalue weighted by Crippen LogP contribution is -2.17. The van der Waals surface area contributed by atoms with Gasteiger partial charge in [-0.05, 0) is 34.5 Å². The Kier molecular flexibility index (Phi) is 4.98. The van der Waals surface area contributed by atoms with E-state index in [0.717, 1.165) is 16.3 Å². The first kappa shape index (κ1) is 18.3. The van der Waals surface area contributed by atoms with Crippen molar-refractivity contribution >= 4 is 28.3 Å². The summed E-state index contributed by atoms with van der Waals surface area (Å²) in [6, 6.07) is 14.5. The van der Waals surface area contributed by atoms with Gasteiger partial charge in [-0.25, -0.2) is 9.78 Å². The second kappa shape index (κ2) is 7.89. The lowest BCUT2D eigenvalue weighted by molar-refractivity contribution is 0.0595. The van der Waals surface area contributed by atoms with E-state index in [4.69, 9.17) is 4.74 Å². The highest BCUT2D eigenvalue weighted by Gasteiger charge is 2.18. The molecule has 8 nitrogen and oxygen atoms in total. The molecule has 8 heteroatoms. The van der Waals surface area contributed by atoms with Gasteiger partial charge in [-0.1, -0.05) is 30.3 Å². The van der Waals surface area contributed by atoms with E-state index >= 15 is 0 Å². The van der Waals surface area contributed by atoms with E-state index in [1.807, 2.05) is 30.3 Å². The fraction of sp³-hybridized carbons (Fsp3) is 0.0952. The third kappa shape index (κ3) is 3.68. The molecule has 144 valence electrons. The first-order chi connectivity index (χ1) is 14.2. The number of pyridine rings is 1. The van der Waals surface area contributed by atoms with Crippen molar-refractivity contribution in [3.05, 3.63) is 83.9 Å². The summed E-state index contributed by atoms with van der Waals surface area (Å²) in [5.41, 5.74) is 1.81. The highest BCUT2D eigenvalue weighted by Crippen LogP contribution is 2.25. The van der Waals surface area contributed by atoms with E-state index in [0.29, 0.717) is 17.8 Å². The Morgan fingerprint density at radius 1 is 0.966 bits per heavy atom. The number of methoxy groups -OCH3 is 1. The molecule has 1 amide bonds. The van der Waals surface area contributed by atoms with Gasteiger partial charge in [-0.2, -0.15) is 15.0 Å². The molecule has 0 aliphatic heterocycles. The van der Waals surface area contributed by atoms with Crippen LogP contribution in [0.15, 0.2) is 67.1 Å². The molecule has 0 bridgehead atoms. The molecular formula is C21H17N5O3. The Morgan fingerprint density at radius 3 is 2.48 bits per heavy atom. The van der Waals surface area contributed by atoms with Crippen LogP contribution in [0.25, 0.3) is 10.8 Å². The topological polar surface area (TPSA) is 99.0 Å². The van der Waals surface area contributed by atoms with Gasteiger partial charge in [0.25, 0.3) is 5.91 Å². The SMILES string of the molecule is COC(=O)c1ncccc1NC(=O)c1ccc(Cn2nccn2)c2ccccc12. The quantitative estimate of drug-likeness (QED) is 0.529. The van der Waals surface area contributed by atoms with Crippen LogP contribution in [-0.4, -0.2) is 39.0 Å². The number of benzene rings is 2. The second-order valence-corrected chi connectivity index (χ2v) is 6.22. The number of rotatable bonds is 5. The van der Waals surface area contributed by atoms with Crippen molar-refractivity contribution in [3.63, 3.8) is 0 Å². The van der Waals surface area contributed by atoms with Gasteiger partial charge in [-0.3, -0.25) is 4.79 Å². The maximum absolute atomic E-state index is 13.0. The van der Waals surface area contributed by atoms with Gasteiger partial charge in [-0.15, -0.1) is 0 Å². The van der Waals surface area contributed by atoms with Gasteiger partial charge in [0.2, 0.25) is 0 Å². The van der Waals surface area contributed by atoms with Crippen molar-refractivity contribution in [1.82, 2.24) is 20.0 Å². The molecule has 0 spiro atoms. The number of nitrogens with zero attached hydrogens (tertiary/aromatic N) is 4. The molecule has 4 rings (SSSR count). The van der Waals surface area contributed by atoms with Crippen LogP contribution < -0.4 is 5.32 Å². The number of anilines is 1. The zero-order valence-corrected chi connectivity index (χ0v) is 15.6.